The van der Waals surface area contributed by atoms with Crippen molar-refractivity contribution in [1.82, 2.24) is 9.88 Å². The Balaban J connectivity index is 0.00000121. The number of methoxy groups -OCH3 is 1. The normalized spacial score (nSPS) is 29.0. The standard InChI is InChI=1S/C20H24N2O2.ClH/c1-3-20-7-10-22(11-8-20)18(13-20)19(23)15-6-9-21-17-5-4-14(24-2)12-16(15)17;/h3-6,9,12,18-19,23H,1,7-8,10-11,13H2,2H3;1H. The molecule has 1 N–H and O–H groups in total. The number of hydrogen-bond donors (Lipinski definition) is 1. The van der Waals surface area contributed by atoms with E-state index in [-0.39, 0.29) is 25.3 Å². The maximum atomic E-state index is 11.2. The lowest BCUT2D eigenvalue weighted by Gasteiger charge is -2.53. The zero-order valence-corrected chi connectivity index (χ0v) is 15.2. The number of halogens is 1. The Morgan fingerprint density at radius 1 is 1.40 bits per heavy atom. The van der Waals surface area contributed by atoms with Crippen LogP contribution in [0.1, 0.15) is 32.4 Å². The third-order valence-electron chi connectivity index (χ3n) is 5.98. The van der Waals surface area contributed by atoms with Gasteiger partial charge in [-0.25, -0.2) is 0 Å². The monoisotopic (exact) mass is 360 g/mol. The van der Waals surface area contributed by atoms with Crippen molar-refractivity contribution in [3.05, 3.63) is 48.7 Å². The molecule has 134 valence electrons. The molecule has 3 saturated heterocycles. The largest absolute Gasteiger partial charge is 1.00 e. The first-order valence-electron chi connectivity index (χ1n) is 8.64. The van der Waals surface area contributed by atoms with Gasteiger partial charge in [-0.05, 0) is 67.6 Å². The van der Waals surface area contributed by atoms with Gasteiger partial charge in [-0.2, -0.15) is 0 Å². The summed E-state index contributed by atoms with van der Waals surface area (Å²) in [4.78, 5) is 6.86. The predicted molar refractivity (Wildman–Crippen MR) is 96.2 cm³/mol. The molecule has 0 radical (unpaired) electrons. The van der Waals surface area contributed by atoms with Crippen LogP contribution in [0.2, 0.25) is 0 Å². The molecule has 1 aromatic heterocycles. The lowest BCUT2D eigenvalue weighted by molar-refractivity contribution is -0.0522. The van der Waals surface area contributed by atoms with Gasteiger partial charge in [0.25, 0.3) is 0 Å². The molecule has 5 heteroatoms. The summed E-state index contributed by atoms with van der Waals surface area (Å²) in [5.41, 5.74) is 2.03. The van der Waals surface area contributed by atoms with Crippen LogP contribution in [0.3, 0.4) is 0 Å². The first kappa shape index (κ1) is 18.2. The van der Waals surface area contributed by atoms with Crippen molar-refractivity contribution in [1.29, 1.82) is 0 Å². The van der Waals surface area contributed by atoms with Gasteiger partial charge < -0.3 is 22.3 Å². The Hall–Kier alpha value is -1.62. The summed E-state index contributed by atoms with van der Waals surface area (Å²) in [5.74, 6) is 0.789. The molecular weight excluding hydrogens is 336 g/mol. The van der Waals surface area contributed by atoms with E-state index in [4.69, 9.17) is 4.74 Å². The molecule has 1 aromatic carbocycles. The highest BCUT2D eigenvalue weighted by Crippen LogP contribution is 2.47. The number of fused-ring (bicyclic) bond motifs is 4. The van der Waals surface area contributed by atoms with Gasteiger partial charge in [0.05, 0.1) is 18.7 Å². The van der Waals surface area contributed by atoms with E-state index in [0.717, 1.165) is 54.6 Å². The molecular formula is C20H25ClN2O2. The maximum absolute atomic E-state index is 11.2. The van der Waals surface area contributed by atoms with Gasteiger partial charge in [0.15, 0.2) is 0 Å². The Morgan fingerprint density at radius 2 is 2.16 bits per heavy atom. The van der Waals surface area contributed by atoms with Crippen LogP contribution >= 0.6 is 0 Å². The summed E-state index contributed by atoms with van der Waals surface area (Å²) in [6.07, 6.45) is 6.67. The lowest BCUT2D eigenvalue weighted by Crippen LogP contribution is -3.00. The fourth-order valence-corrected chi connectivity index (χ4v) is 4.39. The molecule has 25 heavy (non-hydrogen) atoms. The molecule has 2 bridgehead atoms. The zero-order valence-electron chi connectivity index (χ0n) is 15.5. The van der Waals surface area contributed by atoms with Crippen molar-refractivity contribution in [2.24, 2.45) is 5.41 Å². The molecule has 0 spiro atoms. The quantitative estimate of drug-likeness (QED) is 0.803. The number of nitrogens with zero attached hydrogens (tertiary/aromatic N) is 2. The van der Waals surface area contributed by atoms with E-state index in [1.165, 1.54) is 0 Å². The lowest BCUT2D eigenvalue weighted by atomic mass is 9.67. The van der Waals surface area contributed by atoms with E-state index in [1.807, 2.05) is 24.3 Å². The number of ether oxygens (including phenoxy) is 1. The number of rotatable bonds is 4. The van der Waals surface area contributed by atoms with Crippen LogP contribution in [0.4, 0.5) is 0 Å². The van der Waals surface area contributed by atoms with Crippen molar-refractivity contribution in [2.75, 3.05) is 20.2 Å². The summed E-state index contributed by atoms with van der Waals surface area (Å²) >= 11 is 0. The Bertz CT molecular complexity index is 777. The molecule has 2 unspecified atom stereocenters. The average Bonchev–Trinajstić information content (AvgIpc) is 2.67. The number of aliphatic hydroxyl groups excluding tert-OH is 1. The highest BCUT2D eigenvalue weighted by molar-refractivity contribution is 5.83. The third-order valence-corrected chi connectivity index (χ3v) is 5.98. The Labute approximate surface area is 156 Å². The predicted octanol–water partition coefficient (Wildman–Crippen LogP) is 0.434. The molecule has 2 aromatic rings. The third kappa shape index (κ3) is 3.03. The average molecular weight is 361 g/mol. The van der Waals surface area contributed by atoms with E-state index < -0.39 is 6.10 Å². The van der Waals surface area contributed by atoms with Crippen LogP contribution in [0.25, 0.3) is 10.9 Å². The topological polar surface area (TPSA) is 45.6 Å². The fourth-order valence-electron chi connectivity index (χ4n) is 4.39. The molecule has 0 saturated carbocycles. The van der Waals surface area contributed by atoms with E-state index >= 15 is 0 Å². The number of hydrogen-bond acceptors (Lipinski definition) is 4. The van der Waals surface area contributed by atoms with Gasteiger partial charge in [-0.3, -0.25) is 9.88 Å². The summed E-state index contributed by atoms with van der Waals surface area (Å²) in [5, 5.41) is 12.2. The molecule has 0 amide bonds. The van der Waals surface area contributed by atoms with Crippen LogP contribution < -0.4 is 17.1 Å². The van der Waals surface area contributed by atoms with Crippen molar-refractivity contribution in [3.8, 4) is 5.75 Å². The maximum Gasteiger partial charge on any atom is 1.00 e. The summed E-state index contributed by atoms with van der Waals surface area (Å²) in [6, 6.07) is 7.91. The second-order valence-electron chi connectivity index (χ2n) is 7.10. The molecule has 2 atom stereocenters. The molecule has 3 fully saturated rings. The second kappa shape index (κ2) is 6.94. The Kier molecular flexibility index (Phi) is 5.05. The molecule has 4 nitrogen and oxygen atoms in total. The molecule has 3 aliphatic heterocycles. The van der Waals surface area contributed by atoms with Crippen LogP contribution in [0.5, 0.6) is 5.75 Å². The Morgan fingerprint density at radius 3 is 2.84 bits per heavy atom. The van der Waals surface area contributed by atoms with Crippen molar-refractivity contribution < 1.29 is 23.7 Å². The first-order chi connectivity index (χ1) is 11.7. The minimum absolute atomic E-state index is 0. The van der Waals surface area contributed by atoms with Crippen molar-refractivity contribution in [2.45, 2.75) is 31.4 Å². The van der Waals surface area contributed by atoms with Crippen LogP contribution in [-0.4, -0.2) is 41.2 Å². The minimum atomic E-state index is -0.525. The van der Waals surface area contributed by atoms with Gasteiger partial charge >= 0.3 is 1.43 Å². The van der Waals surface area contributed by atoms with Crippen molar-refractivity contribution in [3.63, 3.8) is 0 Å². The molecule has 4 heterocycles. The molecule has 5 rings (SSSR count). The smallest absolute Gasteiger partial charge is 1.00 e. The minimum Gasteiger partial charge on any atom is -1.00 e. The second-order valence-corrected chi connectivity index (χ2v) is 7.10. The number of benzene rings is 1. The summed E-state index contributed by atoms with van der Waals surface area (Å²) in [7, 11) is 1.66. The number of pyridine rings is 1. The van der Waals surface area contributed by atoms with Crippen LogP contribution in [-0.2, 0) is 0 Å². The van der Waals surface area contributed by atoms with Crippen LogP contribution in [0.15, 0.2) is 43.1 Å². The SMILES string of the molecule is C=CC12CCN(CC1)C(C(O)c1ccnc3ccc(OC)cc13)C2.[Cl-].[H+]. The van der Waals surface area contributed by atoms with Gasteiger partial charge in [0.1, 0.15) is 5.75 Å². The van der Waals surface area contributed by atoms with E-state index in [1.54, 1.807) is 13.3 Å². The first-order valence-corrected chi connectivity index (χ1v) is 8.64. The molecule has 3 aliphatic rings. The number of aromatic nitrogens is 1. The fraction of sp³-hybridized carbons (Fsp3) is 0.450. The summed E-state index contributed by atoms with van der Waals surface area (Å²) < 4.78 is 5.35. The van der Waals surface area contributed by atoms with E-state index in [0.29, 0.717) is 0 Å². The number of allylic oxidation sites excluding steroid dienone is 1. The van der Waals surface area contributed by atoms with Crippen molar-refractivity contribution >= 4 is 10.9 Å². The summed E-state index contributed by atoms with van der Waals surface area (Å²) in [6.45, 7) is 6.15. The van der Waals surface area contributed by atoms with Gasteiger partial charge in [0.2, 0.25) is 0 Å². The van der Waals surface area contributed by atoms with Gasteiger partial charge in [-0.15, -0.1) is 6.58 Å². The number of piperidine rings is 3. The van der Waals surface area contributed by atoms with Gasteiger partial charge in [-0.1, -0.05) is 6.08 Å². The highest BCUT2D eigenvalue weighted by atomic mass is 35.5. The molecule has 0 aliphatic carbocycles. The van der Waals surface area contributed by atoms with E-state index in [2.05, 4.69) is 22.5 Å². The van der Waals surface area contributed by atoms with Gasteiger partial charge in [0, 0.05) is 17.6 Å². The highest BCUT2D eigenvalue weighted by Gasteiger charge is 2.45. The number of aliphatic hydroxyl groups is 1. The van der Waals surface area contributed by atoms with E-state index in [9.17, 15) is 5.11 Å². The van der Waals surface area contributed by atoms with Crippen LogP contribution in [0, 0.1) is 5.41 Å². The zero-order chi connectivity index (χ0) is 16.7.